The quantitative estimate of drug-likeness (QED) is 0.852. The molecule has 4 bridgehead atoms. The van der Waals surface area contributed by atoms with Crippen molar-refractivity contribution in [3.63, 3.8) is 0 Å². The second-order valence-electron chi connectivity index (χ2n) is 9.01. The third-order valence-corrected chi connectivity index (χ3v) is 7.86. The fourth-order valence-electron chi connectivity index (χ4n) is 6.17. The first-order valence-corrected chi connectivity index (χ1v) is 10.7. The molecule has 4 fully saturated rings. The number of aromatic nitrogens is 1. The second kappa shape index (κ2) is 6.22. The number of para-hydroxylation sites is 1. The van der Waals surface area contributed by atoms with Crippen LogP contribution in [0.2, 0.25) is 0 Å². The Balaban J connectivity index is 1.20. The van der Waals surface area contributed by atoms with Gasteiger partial charge in [0.15, 0.2) is 0 Å². The normalized spacial score (nSPS) is 32.1. The predicted molar refractivity (Wildman–Crippen MR) is 105 cm³/mol. The van der Waals surface area contributed by atoms with Gasteiger partial charge in [0.2, 0.25) is 0 Å². The molecule has 2 aromatic rings. The van der Waals surface area contributed by atoms with Crippen molar-refractivity contribution in [2.24, 2.45) is 23.2 Å². The molecule has 4 nitrogen and oxygen atoms in total. The number of urea groups is 1. The van der Waals surface area contributed by atoms with E-state index in [1.54, 1.807) is 16.2 Å². The monoisotopic (exact) mass is 369 g/mol. The van der Waals surface area contributed by atoms with Crippen LogP contribution in [0.25, 0.3) is 10.2 Å². The lowest BCUT2D eigenvalue weighted by Crippen LogP contribution is -2.52. The van der Waals surface area contributed by atoms with Gasteiger partial charge in [-0.25, -0.2) is 9.78 Å². The van der Waals surface area contributed by atoms with Crippen LogP contribution in [0.5, 0.6) is 0 Å². The van der Waals surface area contributed by atoms with Gasteiger partial charge in [0, 0.05) is 13.6 Å². The zero-order valence-corrected chi connectivity index (χ0v) is 16.2. The van der Waals surface area contributed by atoms with Gasteiger partial charge in [-0.3, -0.25) is 0 Å². The minimum Gasteiger partial charge on any atom is -0.337 e. The Morgan fingerprint density at radius 3 is 2.50 bits per heavy atom. The summed E-state index contributed by atoms with van der Waals surface area (Å²) >= 11 is 1.68. The van der Waals surface area contributed by atoms with Crippen LogP contribution < -0.4 is 5.32 Å². The highest BCUT2D eigenvalue weighted by Gasteiger charge is 2.50. The Labute approximate surface area is 159 Å². The molecule has 0 aliphatic heterocycles. The summed E-state index contributed by atoms with van der Waals surface area (Å²) in [4.78, 5) is 19.1. The topological polar surface area (TPSA) is 45.2 Å². The number of thiazole rings is 1. The summed E-state index contributed by atoms with van der Waals surface area (Å²) < 4.78 is 1.19. The Hall–Kier alpha value is -1.62. The molecule has 4 aliphatic rings. The summed E-state index contributed by atoms with van der Waals surface area (Å²) in [5.41, 5.74) is 1.41. The Kier molecular flexibility index (Phi) is 3.96. The maximum Gasteiger partial charge on any atom is 0.317 e. The van der Waals surface area contributed by atoms with Crippen LogP contribution in [0.3, 0.4) is 0 Å². The van der Waals surface area contributed by atoms with Crippen molar-refractivity contribution < 1.29 is 4.79 Å². The summed E-state index contributed by atoms with van der Waals surface area (Å²) in [5, 5.41) is 4.26. The molecule has 1 heterocycles. The van der Waals surface area contributed by atoms with Gasteiger partial charge in [0.05, 0.1) is 16.8 Å². The maximum absolute atomic E-state index is 12.6. The molecular weight excluding hydrogens is 342 g/mol. The third kappa shape index (κ3) is 3.00. The molecule has 0 unspecified atom stereocenters. The number of hydrogen-bond acceptors (Lipinski definition) is 3. The van der Waals surface area contributed by atoms with E-state index in [2.05, 4.69) is 16.4 Å². The molecule has 0 saturated heterocycles. The number of benzene rings is 1. The lowest BCUT2D eigenvalue weighted by Gasteiger charge is -2.56. The van der Waals surface area contributed by atoms with Crippen molar-refractivity contribution in [3.8, 4) is 0 Å². The fourth-order valence-corrected chi connectivity index (χ4v) is 7.19. The van der Waals surface area contributed by atoms with E-state index in [0.717, 1.165) is 34.8 Å². The highest BCUT2D eigenvalue weighted by atomic mass is 32.1. The van der Waals surface area contributed by atoms with Gasteiger partial charge in [-0.2, -0.15) is 0 Å². The van der Waals surface area contributed by atoms with E-state index in [0.29, 0.717) is 12.0 Å². The van der Waals surface area contributed by atoms with Gasteiger partial charge < -0.3 is 10.2 Å². The first-order valence-electron chi connectivity index (χ1n) is 9.92. The number of carbonyl (C=O) groups excluding carboxylic acids is 1. The number of nitrogens with one attached hydrogen (secondary N) is 1. The van der Waals surface area contributed by atoms with Gasteiger partial charge in [-0.1, -0.05) is 12.1 Å². The van der Waals surface area contributed by atoms with Crippen LogP contribution >= 0.6 is 11.3 Å². The minimum absolute atomic E-state index is 0.0417. The fraction of sp³-hybridized carbons (Fsp3) is 0.619. The summed E-state index contributed by atoms with van der Waals surface area (Å²) in [7, 11) is 1.88. The number of carbonyl (C=O) groups is 1. The van der Waals surface area contributed by atoms with E-state index in [-0.39, 0.29) is 6.03 Å². The van der Waals surface area contributed by atoms with Crippen LogP contribution in [0.15, 0.2) is 24.3 Å². The summed E-state index contributed by atoms with van der Waals surface area (Å²) in [6.45, 7) is 1.44. The summed E-state index contributed by atoms with van der Waals surface area (Å²) in [5.74, 6) is 2.79. The average molecular weight is 370 g/mol. The smallest absolute Gasteiger partial charge is 0.317 e. The maximum atomic E-state index is 12.6. The lowest BCUT2D eigenvalue weighted by atomic mass is 9.49. The Morgan fingerprint density at radius 1 is 1.19 bits per heavy atom. The Morgan fingerprint density at radius 2 is 1.85 bits per heavy atom. The molecular formula is C21H27N3OS. The van der Waals surface area contributed by atoms with Gasteiger partial charge in [0.25, 0.3) is 0 Å². The molecule has 1 aromatic carbocycles. The third-order valence-electron chi connectivity index (χ3n) is 6.84. The summed E-state index contributed by atoms with van der Waals surface area (Å²) in [6.07, 6.45) is 8.35. The minimum atomic E-state index is 0.0417. The Bertz CT molecular complexity index is 761. The van der Waals surface area contributed by atoms with Crippen molar-refractivity contribution in [1.29, 1.82) is 0 Å². The molecule has 0 radical (unpaired) electrons. The zero-order chi connectivity index (χ0) is 17.7. The van der Waals surface area contributed by atoms with Crippen molar-refractivity contribution in [2.45, 2.75) is 45.1 Å². The number of nitrogens with zero attached hydrogens (tertiary/aromatic N) is 2. The van der Waals surface area contributed by atoms with E-state index in [1.807, 2.05) is 25.2 Å². The number of amides is 2. The van der Waals surface area contributed by atoms with E-state index in [4.69, 9.17) is 0 Å². The molecule has 2 amide bonds. The number of rotatable bonds is 4. The van der Waals surface area contributed by atoms with Crippen molar-refractivity contribution in [3.05, 3.63) is 29.3 Å². The molecule has 5 heteroatoms. The lowest BCUT2D eigenvalue weighted by molar-refractivity contribution is -0.0501. The van der Waals surface area contributed by atoms with Crippen LogP contribution in [0.4, 0.5) is 4.79 Å². The molecule has 26 heavy (non-hydrogen) atoms. The van der Waals surface area contributed by atoms with Crippen LogP contribution in [-0.2, 0) is 6.54 Å². The van der Waals surface area contributed by atoms with Crippen LogP contribution in [0, 0.1) is 23.2 Å². The molecule has 4 aliphatic carbocycles. The average Bonchev–Trinajstić information content (AvgIpc) is 3.00. The molecule has 0 spiro atoms. The van der Waals surface area contributed by atoms with Crippen LogP contribution in [-0.4, -0.2) is 29.5 Å². The highest BCUT2D eigenvalue weighted by molar-refractivity contribution is 7.18. The zero-order valence-electron chi connectivity index (χ0n) is 15.4. The standard InChI is InChI=1S/C21H27N3OS/c1-24(12-19-23-17-4-2-3-5-18(17)26-19)20(25)22-13-21-9-14-6-15(10-21)8-16(7-14)11-21/h2-5,14-16H,6-13H2,1H3,(H,22,25). The van der Waals surface area contributed by atoms with Gasteiger partial charge in [-0.15, -0.1) is 11.3 Å². The van der Waals surface area contributed by atoms with Gasteiger partial charge in [0.1, 0.15) is 5.01 Å². The SMILES string of the molecule is CN(Cc1nc2ccccc2s1)C(=O)NCC12CC3CC(CC(C3)C1)C2. The van der Waals surface area contributed by atoms with Crippen molar-refractivity contribution in [1.82, 2.24) is 15.2 Å². The van der Waals surface area contributed by atoms with Crippen molar-refractivity contribution in [2.75, 3.05) is 13.6 Å². The molecule has 1 N–H and O–H groups in total. The first-order chi connectivity index (χ1) is 12.6. The highest BCUT2D eigenvalue weighted by Crippen LogP contribution is 2.59. The first kappa shape index (κ1) is 16.5. The largest absolute Gasteiger partial charge is 0.337 e. The molecule has 0 atom stereocenters. The van der Waals surface area contributed by atoms with Gasteiger partial charge >= 0.3 is 6.03 Å². The number of hydrogen-bond donors (Lipinski definition) is 1. The molecule has 138 valence electrons. The number of fused-ring (bicyclic) bond motifs is 1. The summed E-state index contributed by atoms with van der Waals surface area (Å²) in [6, 6.07) is 8.20. The van der Waals surface area contributed by atoms with E-state index in [1.165, 1.54) is 43.2 Å². The predicted octanol–water partition coefficient (Wildman–Crippen LogP) is 4.65. The van der Waals surface area contributed by atoms with Crippen LogP contribution in [0.1, 0.15) is 43.5 Å². The van der Waals surface area contributed by atoms with E-state index >= 15 is 0 Å². The molecule has 1 aromatic heterocycles. The van der Waals surface area contributed by atoms with Crippen molar-refractivity contribution >= 4 is 27.6 Å². The molecule has 4 saturated carbocycles. The van der Waals surface area contributed by atoms with E-state index in [9.17, 15) is 4.79 Å². The second-order valence-corrected chi connectivity index (χ2v) is 10.1. The van der Waals surface area contributed by atoms with Gasteiger partial charge in [-0.05, 0) is 73.8 Å². The molecule has 6 rings (SSSR count). The van der Waals surface area contributed by atoms with E-state index < -0.39 is 0 Å².